The van der Waals surface area contributed by atoms with E-state index in [0.29, 0.717) is 19.7 Å². The summed E-state index contributed by atoms with van der Waals surface area (Å²) in [5.74, 6) is 0.147. The van der Waals surface area contributed by atoms with Crippen LogP contribution in [0.4, 0.5) is 0 Å². The maximum absolute atomic E-state index is 12.0. The molecule has 86 valence electrons. The Bertz CT molecular complexity index is 269. The summed E-state index contributed by atoms with van der Waals surface area (Å²) in [5.41, 5.74) is 0.635. The molecule has 15 heavy (non-hydrogen) atoms. The minimum Gasteiger partial charge on any atom is -0.372 e. The van der Waals surface area contributed by atoms with E-state index in [2.05, 4.69) is 0 Å². The van der Waals surface area contributed by atoms with E-state index in [1.807, 2.05) is 38.7 Å². The lowest BCUT2D eigenvalue weighted by atomic mass is 10.1. The number of hydrogen-bond acceptors (Lipinski definition) is 2. The molecule has 1 amide bonds. The number of rotatable bonds is 2. The normalized spacial score (nSPS) is 21.6. The van der Waals surface area contributed by atoms with Crippen molar-refractivity contribution in [3.63, 3.8) is 0 Å². The molecular weight excluding hydrogens is 190 g/mol. The van der Waals surface area contributed by atoms with Crippen LogP contribution in [0.1, 0.15) is 34.1 Å². The molecule has 0 N–H and O–H groups in total. The van der Waals surface area contributed by atoms with Crippen molar-refractivity contribution in [1.82, 2.24) is 4.90 Å². The van der Waals surface area contributed by atoms with Gasteiger partial charge < -0.3 is 9.64 Å². The summed E-state index contributed by atoms with van der Waals surface area (Å²) in [5, 5.41) is 0. The molecule has 1 rings (SSSR count). The zero-order valence-electron chi connectivity index (χ0n) is 10.2. The highest BCUT2D eigenvalue weighted by atomic mass is 16.5. The molecule has 1 aliphatic heterocycles. The number of ether oxygens (including phenoxy) is 1. The fraction of sp³-hybridized carbons (Fsp3) is 0.750. The van der Waals surface area contributed by atoms with Crippen molar-refractivity contribution in [3.8, 4) is 0 Å². The van der Waals surface area contributed by atoms with Gasteiger partial charge >= 0.3 is 0 Å². The maximum atomic E-state index is 12.0. The van der Waals surface area contributed by atoms with Gasteiger partial charge in [0.15, 0.2) is 0 Å². The molecule has 1 saturated heterocycles. The first-order chi connectivity index (χ1) is 6.96. The molecule has 1 fully saturated rings. The van der Waals surface area contributed by atoms with Crippen molar-refractivity contribution in [2.75, 3.05) is 19.7 Å². The van der Waals surface area contributed by atoms with Crippen molar-refractivity contribution in [2.24, 2.45) is 0 Å². The smallest absolute Gasteiger partial charge is 0.249 e. The number of morpholine rings is 1. The van der Waals surface area contributed by atoms with Crippen LogP contribution < -0.4 is 0 Å². The molecule has 0 aliphatic carbocycles. The van der Waals surface area contributed by atoms with Crippen molar-refractivity contribution >= 4 is 5.91 Å². The minimum atomic E-state index is -0.208. The van der Waals surface area contributed by atoms with Crippen LogP contribution in [-0.4, -0.2) is 36.1 Å². The second kappa shape index (κ2) is 4.79. The molecule has 0 bridgehead atoms. The third-order valence-corrected chi connectivity index (χ3v) is 2.56. The summed E-state index contributed by atoms with van der Waals surface area (Å²) in [7, 11) is 0. The Kier molecular flexibility index (Phi) is 3.91. The van der Waals surface area contributed by atoms with Crippen molar-refractivity contribution in [3.05, 3.63) is 11.6 Å². The van der Waals surface area contributed by atoms with E-state index in [4.69, 9.17) is 4.74 Å². The van der Waals surface area contributed by atoms with E-state index in [1.54, 1.807) is 0 Å². The van der Waals surface area contributed by atoms with Crippen LogP contribution in [0.2, 0.25) is 0 Å². The monoisotopic (exact) mass is 211 g/mol. The van der Waals surface area contributed by atoms with Gasteiger partial charge in [0.25, 0.3) is 0 Å². The van der Waals surface area contributed by atoms with E-state index >= 15 is 0 Å². The molecule has 3 nitrogen and oxygen atoms in total. The first-order valence-electron chi connectivity index (χ1n) is 5.56. The van der Waals surface area contributed by atoms with E-state index in [1.165, 1.54) is 0 Å². The van der Waals surface area contributed by atoms with Crippen LogP contribution >= 0.6 is 0 Å². The highest BCUT2D eigenvalue weighted by molar-refractivity contribution is 5.92. The zero-order chi connectivity index (χ0) is 11.5. The standard InChI is InChI=1S/C12H21NO2/c1-5-6-10(2)11(14)13-7-8-15-12(3,4)9-13/h6H,5,7-9H2,1-4H3. The van der Waals surface area contributed by atoms with Crippen LogP contribution in [0.3, 0.4) is 0 Å². The topological polar surface area (TPSA) is 29.5 Å². The Labute approximate surface area is 92.1 Å². The maximum Gasteiger partial charge on any atom is 0.249 e. The summed E-state index contributed by atoms with van der Waals surface area (Å²) >= 11 is 0. The second-order valence-corrected chi connectivity index (χ2v) is 4.63. The Balaban J connectivity index is 2.64. The third kappa shape index (κ3) is 3.34. The quantitative estimate of drug-likeness (QED) is 0.654. The minimum absolute atomic E-state index is 0.147. The molecule has 0 radical (unpaired) electrons. The van der Waals surface area contributed by atoms with Gasteiger partial charge in [-0.05, 0) is 27.2 Å². The van der Waals surface area contributed by atoms with Gasteiger partial charge in [-0.2, -0.15) is 0 Å². The zero-order valence-corrected chi connectivity index (χ0v) is 10.2. The summed E-state index contributed by atoms with van der Waals surface area (Å²) in [6.07, 6.45) is 2.89. The largest absolute Gasteiger partial charge is 0.372 e. The Hall–Kier alpha value is -0.830. The summed E-state index contributed by atoms with van der Waals surface area (Å²) in [6, 6.07) is 0. The second-order valence-electron chi connectivity index (χ2n) is 4.63. The highest BCUT2D eigenvalue weighted by Gasteiger charge is 2.30. The lowest BCUT2D eigenvalue weighted by Gasteiger charge is -2.38. The van der Waals surface area contributed by atoms with E-state index in [-0.39, 0.29) is 11.5 Å². The lowest BCUT2D eigenvalue weighted by Crippen LogP contribution is -2.50. The molecule has 0 unspecified atom stereocenters. The first kappa shape index (κ1) is 12.2. The molecule has 3 heteroatoms. The molecule has 0 aromatic rings. The SMILES string of the molecule is CCC=C(C)C(=O)N1CCOC(C)(C)C1. The van der Waals surface area contributed by atoms with Crippen LogP contribution in [0, 0.1) is 0 Å². The van der Waals surface area contributed by atoms with E-state index < -0.39 is 0 Å². The molecule has 0 spiro atoms. The van der Waals surface area contributed by atoms with Gasteiger partial charge in [0.1, 0.15) is 0 Å². The predicted molar refractivity (Wildman–Crippen MR) is 60.7 cm³/mol. The molecule has 0 atom stereocenters. The van der Waals surface area contributed by atoms with Crippen molar-refractivity contribution < 1.29 is 9.53 Å². The number of hydrogen-bond donors (Lipinski definition) is 0. The van der Waals surface area contributed by atoms with Crippen molar-refractivity contribution in [2.45, 2.75) is 39.7 Å². The number of amides is 1. The van der Waals surface area contributed by atoms with Gasteiger partial charge in [-0.3, -0.25) is 4.79 Å². The highest BCUT2D eigenvalue weighted by Crippen LogP contribution is 2.18. The average molecular weight is 211 g/mol. The fourth-order valence-corrected chi connectivity index (χ4v) is 1.83. The van der Waals surface area contributed by atoms with Gasteiger partial charge in [0.2, 0.25) is 5.91 Å². The molecule has 0 aromatic heterocycles. The van der Waals surface area contributed by atoms with Gasteiger partial charge in [0.05, 0.1) is 12.2 Å². The van der Waals surface area contributed by atoms with Crippen LogP contribution in [-0.2, 0) is 9.53 Å². The Morgan fingerprint density at radius 1 is 1.53 bits per heavy atom. The average Bonchev–Trinajstić information content (AvgIpc) is 2.15. The van der Waals surface area contributed by atoms with Crippen LogP contribution in [0.15, 0.2) is 11.6 Å². The Morgan fingerprint density at radius 2 is 2.20 bits per heavy atom. The van der Waals surface area contributed by atoms with Gasteiger partial charge in [-0.1, -0.05) is 13.0 Å². The van der Waals surface area contributed by atoms with Crippen LogP contribution in [0.5, 0.6) is 0 Å². The van der Waals surface area contributed by atoms with E-state index in [9.17, 15) is 4.79 Å². The molecule has 1 heterocycles. The van der Waals surface area contributed by atoms with Crippen molar-refractivity contribution in [1.29, 1.82) is 0 Å². The Morgan fingerprint density at radius 3 is 2.73 bits per heavy atom. The summed E-state index contributed by atoms with van der Waals surface area (Å²) in [6.45, 7) is 9.99. The first-order valence-corrected chi connectivity index (χ1v) is 5.56. The van der Waals surface area contributed by atoms with Gasteiger partial charge in [-0.25, -0.2) is 0 Å². The lowest BCUT2D eigenvalue weighted by molar-refractivity contribution is -0.141. The number of nitrogens with zero attached hydrogens (tertiary/aromatic N) is 1. The molecule has 1 aliphatic rings. The molecule has 0 saturated carbocycles. The predicted octanol–water partition coefficient (Wildman–Crippen LogP) is 1.98. The molecule has 0 aromatic carbocycles. The summed E-state index contributed by atoms with van der Waals surface area (Å²) in [4.78, 5) is 13.9. The van der Waals surface area contributed by atoms with E-state index in [0.717, 1.165) is 12.0 Å². The summed E-state index contributed by atoms with van der Waals surface area (Å²) < 4.78 is 5.57. The molecular formula is C12H21NO2. The van der Waals surface area contributed by atoms with Crippen LogP contribution in [0.25, 0.3) is 0 Å². The number of carbonyl (C=O) groups excluding carboxylic acids is 1. The number of allylic oxidation sites excluding steroid dienone is 1. The number of carbonyl (C=O) groups is 1. The van der Waals surface area contributed by atoms with Gasteiger partial charge in [0, 0.05) is 18.7 Å². The van der Waals surface area contributed by atoms with Gasteiger partial charge in [-0.15, -0.1) is 0 Å². The fourth-order valence-electron chi connectivity index (χ4n) is 1.83. The third-order valence-electron chi connectivity index (χ3n) is 2.56.